The number of aliphatic hydroxyl groups excluding tert-OH is 1. The molecule has 0 aromatic carbocycles. The first-order chi connectivity index (χ1) is 9.06. The molecule has 1 aliphatic carbocycles. The normalized spacial score (nSPS) is 23.0. The van der Waals surface area contributed by atoms with Crippen molar-refractivity contribution in [3.63, 3.8) is 0 Å². The van der Waals surface area contributed by atoms with Crippen LogP contribution in [0.3, 0.4) is 0 Å². The summed E-state index contributed by atoms with van der Waals surface area (Å²) in [6.07, 6.45) is 2.78. The number of amides is 1. The van der Waals surface area contributed by atoms with Gasteiger partial charge in [0.05, 0.1) is 12.1 Å². The molecule has 1 amide bonds. The number of carbonyl (C=O) groups excluding carboxylic acids is 1. The predicted octanol–water partition coefficient (Wildman–Crippen LogP) is -1.04. The van der Waals surface area contributed by atoms with Crippen molar-refractivity contribution in [2.75, 3.05) is 0 Å². The fourth-order valence-electron chi connectivity index (χ4n) is 2.26. The number of aromatic amines is 1. The van der Waals surface area contributed by atoms with Gasteiger partial charge in [-0.2, -0.15) is 0 Å². The summed E-state index contributed by atoms with van der Waals surface area (Å²) in [6.45, 7) is -0.252. The van der Waals surface area contributed by atoms with E-state index in [-0.39, 0.29) is 12.6 Å². The van der Waals surface area contributed by atoms with Gasteiger partial charge in [0.2, 0.25) is 5.91 Å². The third-order valence-corrected chi connectivity index (χ3v) is 3.27. The smallest absolute Gasteiger partial charge is 0.265 e. The van der Waals surface area contributed by atoms with E-state index in [0.717, 1.165) is 36.1 Å². The number of carbonyl (C=O) groups is 1. The number of aliphatic hydroxyl groups is 1. The van der Waals surface area contributed by atoms with Crippen LogP contribution in [-0.4, -0.2) is 32.9 Å². The molecule has 1 saturated carbocycles. The van der Waals surface area contributed by atoms with Gasteiger partial charge in [-0.25, -0.2) is 4.68 Å². The van der Waals surface area contributed by atoms with Crippen molar-refractivity contribution in [2.45, 2.75) is 44.4 Å². The molecule has 1 heterocycles. The molecule has 2 atom stereocenters. The van der Waals surface area contributed by atoms with Crippen molar-refractivity contribution in [1.82, 2.24) is 15.1 Å². The highest BCUT2D eigenvalue weighted by atomic mass is 16.3. The summed E-state index contributed by atoms with van der Waals surface area (Å²) < 4.78 is 0.951. The van der Waals surface area contributed by atoms with Gasteiger partial charge < -0.3 is 10.4 Å². The van der Waals surface area contributed by atoms with Crippen LogP contribution < -0.4 is 16.4 Å². The van der Waals surface area contributed by atoms with E-state index >= 15 is 0 Å². The highest BCUT2D eigenvalue weighted by molar-refractivity contribution is 5.76. The molecule has 0 bridgehead atoms. The highest BCUT2D eigenvalue weighted by Crippen LogP contribution is 2.18. The van der Waals surface area contributed by atoms with E-state index in [0.29, 0.717) is 6.42 Å². The SMILES string of the molecule is O=C(Cn1[nH]c(=O)ccc1=O)N[C@@H]1CCCC[C@H]1O. The summed E-state index contributed by atoms with van der Waals surface area (Å²) in [4.78, 5) is 34.3. The van der Waals surface area contributed by atoms with E-state index in [2.05, 4.69) is 10.4 Å². The maximum absolute atomic E-state index is 11.8. The first kappa shape index (κ1) is 13.5. The number of hydrogen-bond donors (Lipinski definition) is 3. The fraction of sp³-hybridized carbons (Fsp3) is 0.583. The molecule has 1 aromatic heterocycles. The van der Waals surface area contributed by atoms with Gasteiger partial charge >= 0.3 is 0 Å². The predicted molar refractivity (Wildman–Crippen MR) is 67.7 cm³/mol. The van der Waals surface area contributed by atoms with Crippen molar-refractivity contribution in [2.24, 2.45) is 0 Å². The zero-order valence-corrected chi connectivity index (χ0v) is 10.5. The van der Waals surface area contributed by atoms with Crippen LogP contribution in [0.15, 0.2) is 21.7 Å². The molecule has 0 aliphatic heterocycles. The molecule has 1 fully saturated rings. The Morgan fingerprint density at radius 2 is 2.11 bits per heavy atom. The minimum Gasteiger partial charge on any atom is -0.391 e. The van der Waals surface area contributed by atoms with Crippen LogP contribution in [0, 0.1) is 0 Å². The van der Waals surface area contributed by atoms with Crippen molar-refractivity contribution in [3.8, 4) is 0 Å². The second-order valence-corrected chi connectivity index (χ2v) is 4.76. The zero-order valence-electron chi connectivity index (χ0n) is 10.5. The topological polar surface area (TPSA) is 104 Å². The lowest BCUT2D eigenvalue weighted by Gasteiger charge is -2.28. The average Bonchev–Trinajstić information content (AvgIpc) is 2.37. The molecule has 0 saturated heterocycles. The lowest BCUT2D eigenvalue weighted by atomic mass is 9.92. The van der Waals surface area contributed by atoms with Crippen LogP contribution in [0.5, 0.6) is 0 Å². The standard InChI is InChI=1S/C12H17N3O4/c16-9-4-2-1-3-8(9)13-11(18)7-15-12(19)6-5-10(17)14-15/h5-6,8-9,16H,1-4,7H2,(H,13,18)(H,14,17)/t8-,9-/m1/s1. The average molecular weight is 267 g/mol. The van der Waals surface area contributed by atoms with E-state index in [1.165, 1.54) is 0 Å². The lowest BCUT2D eigenvalue weighted by molar-refractivity contribution is -0.123. The van der Waals surface area contributed by atoms with Gasteiger partial charge in [-0.1, -0.05) is 12.8 Å². The summed E-state index contributed by atoms with van der Waals surface area (Å²) in [5.41, 5.74) is -0.885. The molecular weight excluding hydrogens is 250 g/mol. The molecule has 7 nitrogen and oxygen atoms in total. The first-order valence-electron chi connectivity index (χ1n) is 6.34. The van der Waals surface area contributed by atoms with E-state index in [4.69, 9.17) is 0 Å². The Kier molecular flexibility index (Phi) is 4.16. The molecule has 19 heavy (non-hydrogen) atoms. The van der Waals surface area contributed by atoms with Crippen LogP contribution in [0.1, 0.15) is 25.7 Å². The first-order valence-corrected chi connectivity index (χ1v) is 6.34. The van der Waals surface area contributed by atoms with Gasteiger partial charge in [-0.3, -0.25) is 19.5 Å². The molecule has 0 radical (unpaired) electrons. The Balaban J connectivity index is 1.99. The van der Waals surface area contributed by atoms with Crippen LogP contribution in [0.4, 0.5) is 0 Å². The molecule has 1 aromatic rings. The molecule has 2 rings (SSSR count). The van der Waals surface area contributed by atoms with Crippen molar-refractivity contribution in [3.05, 3.63) is 32.8 Å². The molecule has 3 N–H and O–H groups in total. The third-order valence-electron chi connectivity index (χ3n) is 3.27. The maximum Gasteiger partial charge on any atom is 0.265 e. The quantitative estimate of drug-likeness (QED) is 0.650. The number of hydrogen-bond acceptors (Lipinski definition) is 4. The number of H-pyrrole nitrogens is 1. The van der Waals surface area contributed by atoms with Gasteiger partial charge in [-0.15, -0.1) is 0 Å². The number of nitrogens with zero attached hydrogens (tertiary/aromatic N) is 1. The molecule has 7 heteroatoms. The summed E-state index contributed by atoms with van der Waals surface area (Å²) >= 11 is 0. The number of rotatable bonds is 3. The van der Waals surface area contributed by atoms with Crippen molar-refractivity contribution in [1.29, 1.82) is 0 Å². The summed E-state index contributed by atoms with van der Waals surface area (Å²) in [5.74, 6) is -0.394. The summed E-state index contributed by atoms with van der Waals surface area (Å²) in [6, 6.07) is 1.95. The highest BCUT2D eigenvalue weighted by Gasteiger charge is 2.24. The van der Waals surface area contributed by atoms with E-state index < -0.39 is 23.1 Å². The number of aromatic nitrogens is 2. The van der Waals surface area contributed by atoms with Crippen LogP contribution in [-0.2, 0) is 11.3 Å². The molecule has 1 aliphatic rings. The summed E-state index contributed by atoms with van der Waals surface area (Å²) in [5, 5.41) is 14.7. The van der Waals surface area contributed by atoms with E-state index in [1.54, 1.807) is 0 Å². The van der Waals surface area contributed by atoms with E-state index in [9.17, 15) is 19.5 Å². The Morgan fingerprint density at radius 3 is 2.84 bits per heavy atom. The Labute approximate surface area is 109 Å². The van der Waals surface area contributed by atoms with Crippen LogP contribution in [0.25, 0.3) is 0 Å². The lowest BCUT2D eigenvalue weighted by Crippen LogP contribution is -2.47. The number of nitrogens with one attached hydrogen (secondary N) is 2. The largest absolute Gasteiger partial charge is 0.391 e. The monoisotopic (exact) mass is 267 g/mol. The second kappa shape index (κ2) is 5.83. The van der Waals surface area contributed by atoms with Gasteiger partial charge in [0.15, 0.2) is 0 Å². The van der Waals surface area contributed by atoms with Crippen LogP contribution >= 0.6 is 0 Å². The van der Waals surface area contributed by atoms with Gasteiger partial charge in [-0.05, 0) is 12.8 Å². The second-order valence-electron chi connectivity index (χ2n) is 4.76. The van der Waals surface area contributed by atoms with E-state index in [1.807, 2.05) is 0 Å². The Hall–Kier alpha value is -1.89. The third kappa shape index (κ3) is 3.54. The van der Waals surface area contributed by atoms with Gasteiger partial charge in [0.1, 0.15) is 6.54 Å². The summed E-state index contributed by atoms with van der Waals surface area (Å²) in [7, 11) is 0. The maximum atomic E-state index is 11.8. The molecule has 0 unspecified atom stereocenters. The molecule has 0 spiro atoms. The van der Waals surface area contributed by atoms with Crippen molar-refractivity contribution >= 4 is 5.91 Å². The zero-order chi connectivity index (χ0) is 13.8. The minimum absolute atomic E-state index is 0.252. The van der Waals surface area contributed by atoms with Gasteiger partial charge in [0, 0.05) is 12.1 Å². The molecule has 104 valence electrons. The molecular formula is C12H17N3O4. The minimum atomic E-state index is -0.538. The Morgan fingerprint density at radius 1 is 1.37 bits per heavy atom. The van der Waals surface area contributed by atoms with Crippen LogP contribution in [0.2, 0.25) is 0 Å². The van der Waals surface area contributed by atoms with Gasteiger partial charge in [0.25, 0.3) is 11.1 Å². The Bertz CT molecular complexity index is 563. The fourth-order valence-corrected chi connectivity index (χ4v) is 2.26. The van der Waals surface area contributed by atoms with Crippen molar-refractivity contribution < 1.29 is 9.90 Å².